The molecule has 0 radical (unpaired) electrons. The molecular formula is C19H13F5N2O3. The number of carbonyl (C=O) groups is 1. The Morgan fingerprint density at radius 1 is 1.17 bits per heavy atom. The number of carboxylic acid groups (broad SMARTS) is 1. The van der Waals surface area contributed by atoms with Crippen LogP contribution in [-0.4, -0.2) is 20.9 Å². The standard InChI is InChI=1S/C19H13F5N2O3/c20-18(21)26-8-9-5-12(29-11-3-1-10(2-4-11)19(22,23)24)6-14(16(9)25-26)13-7-15(13)17(27)28/h1-6,8,13,15,18H,7H2,(H,27,28)/t13-,15+/m0/s1. The molecule has 10 heteroatoms. The normalized spacial score (nSPS) is 19.0. The minimum Gasteiger partial charge on any atom is -0.481 e. The van der Waals surface area contributed by atoms with E-state index in [-0.39, 0.29) is 17.0 Å². The van der Waals surface area contributed by atoms with E-state index in [9.17, 15) is 31.9 Å². The Labute approximate surface area is 160 Å². The first-order chi connectivity index (χ1) is 13.6. The van der Waals surface area contributed by atoms with Gasteiger partial charge in [-0.3, -0.25) is 4.79 Å². The number of fused-ring (bicyclic) bond motifs is 1. The molecule has 1 fully saturated rings. The van der Waals surface area contributed by atoms with Crippen molar-refractivity contribution in [1.82, 2.24) is 9.78 Å². The summed E-state index contributed by atoms with van der Waals surface area (Å²) in [6.45, 7) is -2.87. The van der Waals surface area contributed by atoms with E-state index in [1.165, 1.54) is 12.1 Å². The van der Waals surface area contributed by atoms with Gasteiger partial charge < -0.3 is 9.84 Å². The smallest absolute Gasteiger partial charge is 0.416 e. The fraction of sp³-hybridized carbons (Fsp3) is 0.263. The first-order valence-electron chi connectivity index (χ1n) is 8.52. The topological polar surface area (TPSA) is 64.3 Å². The van der Waals surface area contributed by atoms with Crippen LogP contribution in [0.15, 0.2) is 42.6 Å². The van der Waals surface area contributed by atoms with Crippen LogP contribution in [0.4, 0.5) is 22.0 Å². The maximum atomic E-state index is 13.0. The third-order valence-corrected chi connectivity index (χ3v) is 4.75. The first kappa shape index (κ1) is 19.2. The van der Waals surface area contributed by atoms with Crippen molar-refractivity contribution < 1.29 is 36.6 Å². The summed E-state index contributed by atoms with van der Waals surface area (Å²) in [6.07, 6.45) is -3.02. The van der Waals surface area contributed by atoms with Crippen molar-refractivity contribution in [3.8, 4) is 11.5 Å². The van der Waals surface area contributed by atoms with Crippen LogP contribution < -0.4 is 4.74 Å². The van der Waals surface area contributed by atoms with Gasteiger partial charge in [0.1, 0.15) is 11.5 Å². The Bertz CT molecular complexity index is 1080. The molecule has 1 N–H and O–H groups in total. The monoisotopic (exact) mass is 412 g/mol. The molecule has 152 valence electrons. The highest BCUT2D eigenvalue weighted by Gasteiger charge is 2.45. The molecular weight excluding hydrogens is 399 g/mol. The second kappa shape index (κ2) is 6.71. The van der Waals surface area contributed by atoms with Gasteiger partial charge in [0, 0.05) is 17.5 Å². The van der Waals surface area contributed by atoms with Crippen molar-refractivity contribution in [2.24, 2.45) is 5.92 Å². The summed E-state index contributed by atoms with van der Waals surface area (Å²) >= 11 is 0. The van der Waals surface area contributed by atoms with Crippen molar-refractivity contribution in [2.45, 2.75) is 25.1 Å². The number of ether oxygens (including phenoxy) is 1. The second-order valence-electron chi connectivity index (χ2n) is 6.75. The highest BCUT2D eigenvalue weighted by Crippen LogP contribution is 2.50. The van der Waals surface area contributed by atoms with Gasteiger partial charge >= 0.3 is 18.7 Å². The summed E-state index contributed by atoms with van der Waals surface area (Å²) in [5.41, 5.74) is -0.128. The Hall–Kier alpha value is -3.17. The molecule has 1 aliphatic rings. The number of aliphatic carboxylic acids is 1. The van der Waals surface area contributed by atoms with Gasteiger partial charge in [0.2, 0.25) is 0 Å². The number of hydrogen-bond acceptors (Lipinski definition) is 3. The summed E-state index contributed by atoms with van der Waals surface area (Å²) in [4.78, 5) is 11.2. The number of halogens is 5. The summed E-state index contributed by atoms with van der Waals surface area (Å²) in [6, 6.07) is 6.95. The van der Waals surface area contributed by atoms with Gasteiger partial charge in [0.05, 0.1) is 17.0 Å². The van der Waals surface area contributed by atoms with E-state index >= 15 is 0 Å². The molecule has 1 aromatic heterocycles. The van der Waals surface area contributed by atoms with E-state index in [1.807, 2.05) is 0 Å². The molecule has 4 rings (SSSR count). The van der Waals surface area contributed by atoms with Gasteiger partial charge in [-0.25, -0.2) is 4.68 Å². The van der Waals surface area contributed by atoms with Gasteiger partial charge in [-0.05, 0) is 48.4 Å². The fourth-order valence-corrected chi connectivity index (χ4v) is 3.25. The highest BCUT2D eigenvalue weighted by molar-refractivity contribution is 5.86. The lowest BCUT2D eigenvalue weighted by Crippen LogP contribution is -2.04. The molecule has 0 bridgehead atoms. The van der Waals surface area contributed by atoms with E-state index in [4.69, 9.17) is 4.74 Å². The lowest BCUT2D eigenvalue weighted by molar-refractivity contribution is -0.139. The number of rotatable bonds is 5. The molecule has 0 unspecified atom stereocenters. The van der Waals surface area contributed by atoms with E-state index in [0.29, 0.717) is 22.1 Å². The predicted octanol–water partition coefficient (Wildman–Crippen LogP) is 5.43. The van der Waals surface area contributed by atoms with Crippen LogP contribution in [0.25, 0.3) is 10.9 Å². The summed E-state index contributed by atoms with van der Waals surface area (Å²) < 4.78 is 70.2. The summed E-state index contributed by atoms with van der Waals surface area (Å²) in [5, 5.41) is 13.3. The van der Waals surface area contributed by atoms with E-state index < -0.39 is 36.1 Å². The molecule has 2 aromatic carbocycles. The number of carboxylic acids is 1. The molecule has 0 spiro atoms. The van der Waals surface area contributed by atoms with Crippen LogP contribution in [-0.2, 0) is 11.0 Å². The quantitative estimate of drug-likeness (QED) is 0.568. The minimum atomic E-state index is -4.48. The Balaban J connectivity index is 1.70. The fourth-order valence-electron chi connectivity index (χ4n) is 3.25. The average Bonchev–Trinajstić information content (AvgIpc) is 3.32. The third kappa shape index (κ3) is 3.74. The number of benzene rings is 2. The van der Waals surface area contributed by atoms with Crippen molar-refractivity contribution >= 4 is 16.9 Å². The molecule has 0 amide bonds. The molecule has 1 saturated carbocycles. The Morgan fingerprint density at radius 2 is 1.86 bits per heavy atom. The first-order valence-corrected chi connectivity index (χ1v) is 8.52. The minimum absolute atomic E-state index is 0.120. The van der Waals surface area contributed by atoms with E-state index in [0.717, 1.165) is 30.5 Å². The van der Waals surface area contributed by atoms with Gasteiger partial charge in [0.15, 0.2) is 0 Å². The SMILES string of the molecule is O=C(O)[C@@H]1C[C@H]1c1cc(Oc2ccc(C(F)(F)F)cc2)cc2cn(C(F)F)nc12. The second-order valence-corrected chi connectivity index (χ2v) is 6.75. The van der Waals surface area contributed by atoms with Crippen LogP contribution in [0.2, 0.25) is 0 Å². The van der Waals surface area contributed by atoms with Crippen LogP contribution >= 0.6 is 0 Å². The van der Waals surface area contributed by atoms with Crippen molar-refractivity contribution in [3.63, 3.8) is 0 Å². The maximum absolute atomic E-state index is 13.0. The molecule has 2 atom stereocenters. The Kier molecular flexibility index (Phi) is 4.44. The van der Waals surface area contributed by atoms with Crippen molar-refractivity contribution in [1.29, 1.82) is 0 Å². The number of hydrogen-bond donors (Lipinski definition) is 1. The zero-order chi connectivity index (χ0) is 20.9. The van der Waals surface area contributed by atoms with Crippen molar-refractivity contribution in [2.75, 3.05) is 0 Å². The van der Waals surface area contributed by atoms with Crippen molar-refractivity contribution in [3.05, 3.63) is 53.7 Å². The molecule has 3 aromatic rings. The number of alkyl halides is 5. The van der Waals surface area contributed by atoms with Crippen LogP contribution in [0.3, 0.4) is 0 Å². The highest BCUT2D eigenvalue weighted by atomic mass is 19.4. The van der Waals surface area contributed by atoms with Gasteiger partial charge in [-0.15, -0.1) is 0 Å². The van der Waals surface area contributed by atoms with Gasteiger partial charge in [0.25, 0.3) is 0 Å². The largest absolute Gasteiger partial charge is 0.481 e. The van der Waals surface area contributed by atoms with Crippen LogP contribution in [0.5, 0.6) is 11.5 Å². The van der Waals surface area contributed by atoms with Gasteiger partial charge in [-0.2, -0.15) is 27.1 Å². The zero-order valence-electron chi connectivity index (χ0n) is 14.5. The van der Waals surface area contributed by atoms with E-state index in [1.54, 1.807) is 0 Å². The molecule has 0 saturated heterocycles. The summed E-state index contributed by atoms with van der Waals surface area (Å²) in [5.74, 6) is -1.72. The molecule has 1 heterocycles. The number of nitrogens with zero attached hydrogens (tertiary/aromatic N) is 2. The van der Waals surface area contributed by atoms with Crippen LogP contribution in [0.1, 0.15) is 30.0 Å². The molecule has 1 aliphatic carbocycles. The maximum Gasteiger partial charge on any atom is 0.416 e. The third-order valence-electron chi connectivity index (χ3n) is 4.75. The average molecular weight is 412 g/mol. The van der Waals surface area contributed by atoms with E-state index in [2.05, 4.69) is 5.10 Å². The lowest BCUT2D eigenvalue weighted by Gasteiger charge is -2.10. The van der Waals surface area contributed by atoms with Crippen LogP contribution in [0, 0.1) is 5.92 Å². The van der Waals surface area contributed by atoms with Gasteiger partial charge in [-0.1, -0.05) is 0 Å². The lowest BCUT2D eigenvalue weighted by atomic mass is 10.1. The molecule has 0 aliphatic heterocycles. The summed E-state index contributed by atoms with van der Waals surface area (Å²) in [7, 11) is 0. The molecule has 5 nitrogen and oxygen atoms in total. The Morgan fingerprint density at radius 3 is 2.41 bits per heavy atom. The zero-order valence-corrected chi connectivity index (χ0v) is 14.5. The molecule has 29 heavy (non-hydrogen) atoms. The predicted molar refractivity (Wildman–Crippen MR) is 91.0 cm³/mol. The number of aromatic nitrogens is 2.